The predicted octanol–water partition coefficient (Wildman–Crippen LogP) is 3.90. The average molecular weight is 472 g/mol. The molecule has 0 saturated carbocycles. The van der Waals surface area contributed by atoms with Crippen molar-refractivity contribution in [1.29, 1.82) is 0 Å². The molecule has 3 aromatic rings. The quantitative estimate of drug-likeness (QED) is 0.538. The molecule has 1 amide bonds. The molecule has 0 bridgehead atoms. The van der Waals surface area contributed by atoms with Crippen LogP contribution in [0.2, 0.25) is 0 Å². The standard InChI is InChI=1S/C24H26FN3O4S/c25-21-10-3-2-9-20(21)22-17-27-24(32-22)12-11-23(29)26-16-18-7-6-8-19(15-18)33(30,31)28-13-4-1-5-14-28/h2-3,6-10,15,17H,1,4-5,11-14,16H2,(H,26,29). The van der Waals surface area contributed by atoms with Crippen molar-refractivity contribution < 1.29 is 22.0 Å². The maximum atomic E-state index is 13.9. The monoisotopic (exact) mass is 471 g/mol. The Morgan fingerprint density at radius 3 is 2.67 bits per heavy atom. The third kappa shape index (κ3) is 5.66. The first-order valence-corrected chi connectivity index (χ1v) is 12.4. The number of aromatic nitrogens is 1. The lowest BCUT2D eigenvalue weighted by atomic mass is 10.2. The fourth-order valence-electron chi connectivity index (χ4n) is 3.79. The van der Waals surface area contributed by atoms with Crippen LogP contribution in [0.3, 0.4) is 0 Å². The number of hydrogen-bond donors (Lipinski definition) is 1. The number of benzene rings is 2. The molecule has 1 aliphatic rings. The summed E-state index contributed by atoms with van der Waals surface area (Å²) in [5.74, 6) is 0.0423. The summed E-state index contributed by atoms with van der Waals surface area (Å²) >= 11 is 0. The summed E-state index contributed by atoms with van der Waals surface area (Å²) in [5, 5.41) is 2.80. The van der Waals surface area contributed by atoms with E-state index < -0.39 is 15.8 Å². The lowest BCUT2D eigenvalue weighted by Crippen LogP contribution is -2.35. The molecule has 0 spiro atoms. The van der Waals surface area contributed by atoms with Gasteiger partial charge >= 0.3 is 0 Å². The summed E-state index contributed by atoms with van der Waals surface area (Å²) in [7, 11) is -3.52. The van der Waals surface area contributed by atoms with Crippen LogP contribution in [0.25, 0.3) is 11.3 Å². The molecule has 0 radical (unpaired) electrons. The van der Waals surface area contributed by atoms with Gasteiger partial charge in [0.25, 0.3) is 0 Å². The summed E-state index contributed by atoms with van der Waals surface area (Å²) < 4.78 is 46.7. The first-order chi connectivity index (χ1) is 15.9. The van der Waals surface area contributed by atoms with Crippen molar-refractivity contribution in [3.8, 4) is 11.3 Å². The lowest BCUT2D eigenvalue weighted by Gasteiger charge is -2.26. The van der Waals surface area contributed by atoms with Gasteiger partial charge in [-0.2, -0.15) is 4.31 Å². The fraction of sp³-hybridized carbons (Fsp3) is 0.333. The van der Waals surface area contributed by atoms with Crippen molar-refractivity contribution in [2.75, 3.05) is 13.1 Å². The van der Waals surface area contributed by atoms with E-state index in [9.17, 15) is 17.6 Å². The molecule has 1 N–H and O–H groups in total. The number of hydrogen-bond acceptors (Lipinski definition) is 5. The van der Waals surface area contributed by atoms with Gasteiger partial charge in [-0.05, 0) is 42.7 Å². The van der Waals surface area contributed by atoms with Crippen LogP contribution < -0.4 is 5.32 Å². The Hall–Kier alpha value is -3.04. The number of piperidine rings is 1. The van der Waals surface area contributed by atoms with Crippen molar-refractivity contribution >= 4 is 15.9 Å². The van der Waals surface area contributed by atoms with Crippen LogP contribution in [-0.4, -0.2) is 36.7 Å². The summed E-state index contributed by atoms with van der Waals surface area (Å²) in [5.41, 5.74) is 1.03. The minimum Gasteiger partial charge on any atom is -0.441 e. The average Bonchev–Trinajstić information content (AvgIpc) is 3.31. The lowest BCUT2D eigenvalue weighted by molar-refractivity contribution is -0.121. The highest BCUT2D eigenvalue weighted by atomic mass is 32.2. The molecular weight excluding hydrogens is 445 g/mol. The van der Waals surface area contributed by atoms with Crippen LogP contribution in [0, 0.1) is 5.82 Å². The van der Waals surface area contributed by atoms with Gasteiger partial charge in [-0.25, -0.2) is 17.8 Å². The Bertz CT molecular complexity index is 1220. The van der Waals surface area contributed by atoms with E-state index in [2.05, 4.69) is 10.3 Å². The third-order valence-corrected chi connectivity index (χ3v) is 7.49. The second-order valence-corrected chi connectivity index (χ2v) is 9.92. The van der Waals surface area contributed by atoms with Gasteiger partial charge in [0, 0.05) is 32.5 Å². The Morgan fingerprint density at radius 1 is 1.09 bits per heavy atom. The van der Waals surface area contributed by atoms with Crippen LogP contribution >= 0.6 is 0 Å². The Labute approximate surface area is 192 Å². The summed E-state index contributed by atoms with van der Waals surface area (Å²) in [6, 6.07) is 12.9. The second kappa shape index (κ2) is 10.3. The zero-order valence-corrected chi connectivity index (χ0v) is 19.0. The predicted molar refractivity (Wildman–Crippen MR) is 121 cm³/mol. The van der Waals surface area contributed by atoms with E-state index in [4.69, 9.17) is 4.42 Å². The number of oxazole rings is 1. The molecule has 174 valence electrons. The van der Waals surface area contributed by atoms with Crippen molar-refractivity contribution in [3.05, 3.63) is 72.0 Å². The highest BCUT2D eigenvalue weighted by molar-refractivity contribution is 7.89. The maximum absolute atomic E-state index is 13.9. The van der Waals surface area contributed by atoms with E-state index in [1.165, 1.54) is 16.6 Å². The number of sulfonamides is 1. The summed E-state index contributed by atoms with van der Waals surface area (Å²) in [6.45, 7) is 1.31. The van der Waals surface area contributed by atoms with Gasteiger partial charge in [0.15, 0.2) is 11.7 Å². The number of carbonyl (C=O) groups excluding carboxylic acids is 1. The van der Waals surface area contributed by atoms with E-state index in [-0.39, 0.29) is 30.2 Å². The smallest absolute Gasteiger partial charge is 0.243 e. The molecule has 2 heterocycles. The van der Waals surface area contributed by atoms with Gasteiger partial charge in [-0.15, -0.1) is 0 Å². The normalized spacial score (nSPS) is 14.8. The van der Waals surface area contributed by atoms with Crippen LogP contribution in [0.15, 0.2) is 64.0 Å². The molecule has 4 rings (SSSR count). The van der Waals surface area contributed by atoms with Crippen molar-refractivity contribution in [1.82, 2.24) is 14.6 Å². The molecule has 7 nitrogen and oxygen atoms in total. The number of aryl methyl sites for hydroxylation is 1. The first kappa shape index (κ1) is 23.1. The number of nitrogens with zero attached hydrogens (tertiary/aromatic N) is 2. The zero-order valence-electron chi connectivity index (χ0n) is 18.2. The van der Waals surface area contributed by atoms with E-state index in [0.29, 0.717) is 35.9 Å². The highest BCUT2D eigenvalue weighted by Crippen LogP contribution is 2.24. The van der Waals surface area contributed by atoms with Crippen LogP contribution in [0.1, 0.15) is 37.1 Å². The third-order valence-electron chi connectivity index (χ3n) is 5.60. The number of halogens is 1. The zero-order chi connectivity index (χ0) is 23.3. The Morgan fingerprint density at radius 2 is 1.88 bits per heavy atom. The van der Waals surface area contributed by atoms with Crippen LogP contribution in [-0.2, 0) is 27.8 Å². The fourth-order valence-corrected chi connectivity index (χ4v) is 5.38. The minimum atomic E-state index is -3.52. The Balaban J connectivity index is 1.31. The maximum Gasteiger partial charge on any atom is 0.243 e. The molecule has 33 heavy (non-hydrogen) atoms. The van der Waals surface area contributed by atoms with Gasteiger partial charge < -0.3 is 9.73 Å². The molecule has 0 aliphatic carbocycles. The molecule has 1 saturated heterocycles. The van der Waals surface area contributed by atoms with Gasteiger partial charge in [-0.1, -0.05) is 30.7 Å². The van der Waals surface area contributed by atoms with Gasteiger partial charge in [-0.3, -0.25) is 4.79 Å². The number of amides is 1. The van der Waals surface area contributed by atoms with Crippen LogP contribution in [0.4, 0.5) is 4.39 Å². The second-order valence-electron chi connectivity index (χ2n) is 7.99. The molecular formula is C24H26FN3O4S. The van der Waals surface area contributed by atoms with Crippen molar-refractivity contribution in [2.24, 2.45) is 0 Å². The van der Waals surface area contributed by atoms with Gasteiger partial charge in [0.05, 0.1) is 16.7 Å². The molecule has 1 aromatic heterocycles. The molecule has 1 fully saturated rings. The largest absolute Gasteiger partial charge is 0.441 e. The number of nitrogens with one attached hydrogen (secondary N) is 1. The SMILES string of the molecule is O=C(CCc1ncc(-c2ccccc2F)o1)NCc1cccc(S(=O)(=O)N2CCCCC2)c1. The minimum absolute atomic E-state index is 0.142. The number of carbonyl (C=O) groups is 1. The highest BCUT2D eigenvalue weighted by Gasteiger charge is 2.26. The molecule has 0 unspecified atom stereocenters. The molecule has 2 aromatic carbocycles. The van der Waals surface area contributed by atoms with E-state index in [1.807, 2.05) is 0 Å². The van der Waals surface area contributed by atoms with E-state index in [0.717, 1.165) is 19.3 Å². The van der Waals surface area contributed by atoms with Gasteiger partial charge in [0.1, 0.15) is 5.82 Å². The van der Waals surface area contributed by atoms with Crippen LogP contribution in [0.5, 0.6) is 0 Å². The van der Waals surface area contributed by atoms with Crippen molar-refractivity contribution in [2.45, 2.75) is 43.5 Å². The Kier molecular flexibility index (Phi) is 7.20. The number of rotatable bonds is 8. The molecule has 9 heteroatoms. The molecule has 0 atom stereocenters. The summed E-state index contributed by atoms with van der Waals surface area (Å²) in [4.78, 5) is 16.7. The van der Waals surface area contributed by atoms with E-state index in [1.54, 1.807) is 42.5 Å². The first-order valence-electron chi connectivity index (χ1n) is 11.0. The van der Waals surface area contributed by atoms with E-state index >= 15 is 0 Å². The van der Waals surface area contributed by atoms with Crippen molar-refractivity contribution in [3.63, 3.8) is 0 Å². The van der Waals surface area contributed by atoms with Gasteiger partial charge in [0.2, 0.25) is 15.9 Å². The molecule has 1 aliphatic heterocycles. The topological polar surface area (TPSA) is 92.5 Å². The summed E-state index contributed by atoms with van der Waals surface area (Å²) in [6.07, 6.45) is 4.66.